The van der Waals surface area contributed by atoms with Gasteiger partial charge >= 0.3 is 0 Å². The predicted molar refractivity (Wildman–Crippen MR) is 108 cm³/mol. The smallest absolute Gasteiger partial charge is 0.241 e. The van der Waals surface area contributed by atoms with Crippen LogP contribution in [0.2, 0.25) is 0 Å². The van der Waals surface area contributed by atoms with Crippen LogP contribution in [0.4, 0.5) is 10.1 Å². The van der Waals surface area contributed by atoms with Crippen LogP contribution in [-0.4, -0.2) is 34.9 Å². The van der Waals surface area contributed by atoms with Gasteiger partial charge in [0.15, 0.2) is 0 Å². The van der Waals surface area contributed by atoms with Crippen molar-refractivity contribution in [3.63, 3.8) is 0 Å². The minimum Gasteiger partial charge on any atom is -0.322 e. The van der Waals surface area contributed by atoms with Crippen LogP contribution in [0.5, 0.6) is 0 Å². The van der Waals surface area contributed by atoms with Crippen LogP contribution >= 0.6 is 11.3 Å². The zero-order valence-electron chi connectivity index (χ0n) is 15.2. The molecule has 1 aromatic heterocycles. The maximum atomic E-state index is 13.7. The summed E-state index contributed by atoms with van der Waals surface area (Å²) >= 11 is 1.77. The molecule has 1 N–H and O–H groups in total. The number of piperidine rings is 1. The molecule has 0 spiro atoms. The molecule has 140 valence electrons. The Balaban J connectivity index is 1.36. The molecule has 1 aliphatic heterocycles. The van der Waals surface area contributed by atoms with Crippen molar-refractivity contribution in [3.05, 3.63) is 59.4 Å². The number of benzene rings is 2. The molecule has 6 heteroatoms. The van der Waals surface area contributed by atoms with Gasteiger partial charge in [-0.1, -0.05) is 24.3 Å². The lowest BCUT2D eigenvalue weighted by Crippen LogP contribution is -2.45. The molecule has 0 aliphatic carbocycles. The highest BCUT2D eigenvalue weighted by Crippen LogP contribution is 2.34. The molecular weight excluding hydrogens is 361 g/mol. The number of aromatic nitrogens is 1. The summed E-state index contributed by atoms with van der Waals surface area (Å²) in [7, 11) is 0. The van der Waals surface area contributed by atoms with Gasteiger partial charge in [-0.25, -0.2) is 9.37 Å². The monoisotopic (exact) mass is 383 g/mol. The Morgan fingerprint density at radius 3 is 2.63 bits per heavy atom. The largest absolute Gasteiger partial charge is 0.322 e. The van der Waals surface area contributed by atoms with Crippen LogP contribution in [0.1, 0.15) is 30.7 Å². The fourth-order valence-corrected chi connectivity index (χ4v) is 4.70. The van der Waals surface area contributed by atoms with Gasteiger partial charge in [-0.15, -0.1) is 11.3 Å². The van der Waals surface area contributed by atoms with Crippen molar-refractivity contribution >= 4 is 33.1 Å². The third-order valence-electron chi connectivity index (χ3n) is 5.25. The van der Waals surface area contributed by atoms with Crippen molar-refractivity contribution < 1.29 is 9.18 Å². The first-order valence-corrected chi connectivity index (χ1v) is 10.1. The lowest BCUT2D eigenvalue weighted by atomic mass is 9.96. The molecule has 4 rings (SSSR count). The Hall–Kier alpha value is -2.31. The minimum absolute atomic E-state index is 0.168. The third-order valence-corrected chi connectivity index (χ3v) is 6.45. The van der Waals surface area contributed by atoms with Crippen molar-refractivity contribution in [1.29, 1.82) is 0 Å². The van der Waals surface area contributed by atoms with E-state index in [-0.39, 0.29) is 17.6 Å². The molecule has 1 saturated heterocycles. The number of nitrogens with one attached hydrogen (secondary N) is 1. The van der Waals surface area contributed by atoms with Crippen molar-refractivity contribution in [2.45, 2.75) is 31.7 Å². The number of rotatable bonds is 4. The number of thiazole rings is 1. The molecule has 0 bridgehead atoms. The quantitative estimate of drug-likeness (QED) is 0.714. The molecule has 1 atom stereocenters. The molecule has 1 amide bonds. The number of hydrogen-bond donors (Lipinski definition) is 1. The van der Waals surface area contributed by atoms with E-state index in [4.69, 9.17) is 4.98 Å². The average Bonchev–Trinajstić information content (AvgIpc) is 3.13. The van der Waals surface area contributed by atoms with E-state index in [1.807, 2.05) is 19.1 Å². The molecule has 2 aromatic carbocycles. The van der Waals surface area contributed by atoms with Gasteiger partial charge in [-0.3, -0.25) is 9.69 Å². The summed E-state index contributed by atoms with van der Waals surface area (Å²) in [5, 5.41) is 3.90. The Morgan fingerprint density at radius 1 is 1.19 bits per heavy atom. The van der Waals surface area contributed by atoms with Gasteiger partial charge in [-0.2, -0.15) is 0 Å². The van der Waals surface area contributed by atoms with Gasteiger partial charge in [0.1, 0.15) is 5.82 Å². The number of carbonyl (C=O) groups is 1. The zero-order chi connectivity index (χ0) is 18.8. The van der Waals surface area contributed by atoms with Gasteiger partial charge in [0, 0.05) is 5.92 Å². The van der Waals surface area contributed by atoms with E-state index in [9.17, 15) is 9.18 Å². The SMILES string of the molecule is CC(C(=O)Nc1ccccc1F)N1CCC(c2nc3ccccc3s2)CC1. The maximum Gasteiger partial charge on any atom is 0.241 e. The van der Waals surface area contributed by atoms with E-state index in [1.165, 1.54) is 15.8 Å². The van der Waals surface area contributed by atoms with E-state index in [2.05, 4.69) is 22.3 Å². The number of nitrogens with zero attached hydrogens (tertiary/aromatic N) is 2. The van der Waals surface area contributed by atoms with E-state index >= 15 is 0 Å². The minimum atomic E-state index is -0.410. The summed E-state index contributed by atoms with van der Waals surface area (Å²) in [6.45, 7) is 3.56. The van der Waals surface area contributed by atoms with Crippen LogP contribution in [0, 0.1) is 5.82 Å². The van der Waals surface area contributed by atoms with E-state index < -0.39 is 5.82 Å². The van der Waals surface area contributed by atoms with Gasteiger partial charge in [0.2, 0.25) is 5.91 Å². The molecule has 1 aliphatic rings. The number of anilines is 1. The normalized spacial score (nSPS) is 17.1. The van der Waals surface area contributed by atoms with E-state index in [1.54, 1.807) is 29.5 Å². The van der Waals surface area contributed by atoms with Crippen molar-refractivity contribution in [2.75, 3.05) is 18.4 Å². The lowest BCUT2D eigenvalue weighted by molar-refractivity contribution is -0.121. The number of amides is 1. The van der Waals surface area contributed by atoms with E-state index in [0.717, 1.165) is 31.4 Å². The Labute approximate surface area is 162 Å². The summed E-state index contributed by atoms with van der Waals surface area (Å²) in [6.07, 6.45) is 1.97. The number of likely N-dealkylation sites (tertiary alicyclic amines) is 1. The number of halogens is 1. The third kappa shape index (κ3) is 3.87. The van der Waals surface area contributed by atoms with Crippen molar-refractivity contribution in [3.8, 4) is 0 Å². The van der Waals surface area contributed by atoms with Gasteiger partial charge in [0.25, 0.3) is 0 Å². The second kappa shape index (κ2) is 7.74. The first-order chi connectivity index (χ1) is 13.1. The fraction of sp³-hybridized carbons (Fsp3) is 0.333. The molecule has 0 saturated carbocycles. The summed E-state index contributed by atoms with van der Waals surface area (Å²) < 4.78 is 15.0. The van der Waals surface area contributed by atoms with Gasteiger partial charge in [-0.05, 0) is 57.1 Å². The van der Waals surface area contributed by atoms with Crippen LogP contribution < -0.4 is 5.32 Å². The molecule has 27 heavy (non-hydrogen) atoms. The summed E-state index contributed by atoms with van der Waals surface area (Å²) in [5.41, 5.74) is 1.30. The second-order valence-electron chi connectivity index (χ2n) is 6.98. The van der Waals surface area contributed by atoms with Gasteiger partial charge < -0.3 is 5.32 Å². The maximum absolute atomic E-state index is 13.7. The zero-order valence-corrected chi connectivity index (χ0v) is 16.0. The summed E-state index contributed by atoms with van der Waals surface area (Å²) in [5.74, 6) is -0.133. The molecular formula is C21H22FN3OS. The topological polar surface area (TPSA) is 45.2 Å². The number of para-hydroxylation sites is 2. The standard InChI is InChI=1S/C21H22FN3OS/c1-14(20(26)23-17-7-3-2-6-16(17)22)25-12-10-15(11-13-25)21-24-18-8-4-5-9-19(18)27-21/h2-9,14-15H,10-13H2,1H3,(H,23,26). The van der Waals surface area contributed by atoms with Crippen molar-refractivity contribution in [1.82, 2.24) is 9.88 Å². The molecule has 4 nitrogen and oxygen atoms in total. The fourth-order valence-electron chi connectivity index (χ4n) is 3.56. The van der Waals surface area contributed by atoms with Crippen LogP contribution in [0.15, 0.2) is 48.5 Å². The molecule has 1 fully saturated rings. The first-order valence-electron chi connectivity index (χ1n) is 9.27. The summed E-state index contributed by atoms with van der Waals surface area (Å²) in [4.78, 5) is 19.5. The molecule has 3 aromatic rings. The number of fused-ring (bicyclic) bond motifs is 1. The molecule has 1 unspecified atom stereocenters. The van der Waals surface area contributed by atoms with Crippen LogP contribution in [-0.2, 0) is 4.79 Å². The Bertz CT molecular complexity index is 916. The highest BCUT2D eigenvalue weighted by molar-refractivity contribution is 7.18. The van der Waals surface area contributed by atoms with Crippen LogP contribution in [0.3, 0.4) is 0 Å². The van der Waals surface area contributed by atoms with E-state index in [0.29, 0.717) is 5.92 Å². The Kier molecular flexibility index (Phi) is 5.18. The molecule has 2 heterocycles. The highest BCUT2D eigenvalue weighted by atomic mass is 32.1. The van der Waals surface area contributed by atoms with Gasteiger partial charge in [0.05, 0.1) is 27.0 Å². The first kappa shape index (κ1) is 18.1. The number of carbonyl (C=O) groups excluding carboxylic acids is 1. The molecule has 0 radical (unpaired) electrons. The second-order valence-corrected chi connectivity index (χ2v) is 8.04. The average molecular weight is 383 g/mol. The predicted octanol–water partition coefficient (Wildman–Crippen LogP) is 4.64. The van der Waals surface area contributed by atoms with Crippen molar-refractivity contribution in [2.24, 2.45) is 0 Å². The van der Waals surface area contributed by atoms with Crippen LogP contribution in [0.25, 0.3) is 10.2 Å². The summed E-state index contributed by atoms with van der Waals surface area (Å²) in [6, 6.07) is 14.2. The highest BCUT2D eigenvalue weighted by Gasteiger charge is 2.29. The number of hydrogen-bond acceptors (Lipinski definition) is 4. The Morgan fingerprint density at radius 2 is 1.89 bits per heavy atom. The lowest BCUT2D eigenvalue weighted by Gasteiger charge is -2.34.